The van der Waals surface area contributed by atoms with Gasteiger partial charge in [0.2, 0.25) is 0 Å². The van der Waals surface area contributed by atoms with Crippen molar-refractivity contribution in [2.45, 2.75) is 51.9 Å². The minimum Gasteiger partial charge on any atom is -0.328 e. The van der Waals surface area contributed by atoms with Crippen molar-refractivity contribution in [2.24, 2.45) is 5.73 Å². The van der Waals surface area contributed by atoms with E-state index < -0.39 is 0 Å². The highest BCUT2D eigenvalue weighted by atomic mass is 15.1. The lowest BCUT2D eigenvalue weighted by Gasteiger charge is -2.33. The van der Waals surface area contributed by atoms with Gasteiger partial charge in [0.25, 0.3) is 0 Å². The van der Waals surface area contributed by atoms with Crippen molar-refractivity contribution in [1.82, 2.24) is 10.2 Å². The molecule has 3 N–H and O–H groups in total. The molecule has 2 rings (SSSR count). The van der Waals surface area contributed by atoms with Gasteiger partial charge in [-0.1, -0.05) is 38.1 Å². The molecule has 0 bridgehead atoms. The van der Waals surface area contributed by atoms with Crippen molar-refractivity contribution in [1.29, 1.82) is 0 Å². The maximum absolute atomic E-state index is 5.79. The van der Waals surface area contributed by atoms with Crippen LogP contribution in [-0.4, -0.2) is 30.1 Å². The van der Waals surface area contributed by atoms with E-state index in [-0.39, 0.29) is 0 Å². The first-order valence-corrected chi connectivity index (χ1v) is 7.50. The minimum absolute atomic E-state index is 0.425. The Morgan fingerprint density at radius 3 is 2.21 bits per heavy atom. The Balaban J connectivity index is 1.77. The Hall–Kier alpha value is -0.900. The van der Waals surface area contributed by atoms with Crippen LogP contribution in [0.5, 0.6) is 0 Å². The first-order valence-electron chi connectivity index (χ1n) is 7.50. The van der Waals surface area contributed by atoms with Gasteiger partial charge in [0.05, 0.1) is 0 Å². The van der Waals surface area contributed by atoms with E-state index >= 15 is 0 Å². The topological polar surface area (TPSA) is 41.3 Å². The molecule has 0 spiro atoms. The second-order valence-electron chi connectivity index (χ2n) is 5.59. The van der Waals surface area contributed by atoms with Crippen molar-refractivity contribution in [3.05, 3.63) is 35.4 Å². The fourth-order valence-electron chi connectivity index (χ4n) is 2.56. The maximum Gasteiger partial charge on any atom is 0.0233 e. The summed E-state index contributed by atoms with van der Waals surface area (Å²) in [6.07, 6.45) is 2.25. The van der Waals surface area contributed by atoms with E-state index in [1.54, 1.807) is 0 Å². The molecule has 1 saturated carbocycles. The molecule has 0 heterocycles. The van der Waals surface area contributed by atoms with Gasteiger partial charge >= 0.3 is 0 Å². The third kappa shape index (κ3) is 4.30. The normalized spacial score (nSPS) is 22.5. The molecule has 1 aromatic carbocycles. The molecule has 1 aliphatic rings. The average Bonchev–Trinajstić information content (AvgIpc) is 2.41. The number of hydrogen-bond donors (Lipinski definition) is 2. The highest BCUT2D eigenvalue weighted by Crippen LogP contribution is 2.18. The Bertz CT molecular complexity index is 364. The average molecular weight is 261 g/mol. The summed E-state index contributed by atoms with van der Waals surface area (Å²) >= 11 is 0. The lowest BCUT2D eigenvalue weighted by Crippen LogP contribution is -2.48. The van der Waals surface area contributed by atoms with Gasteiger partial charge in [-0.05, 0) is 37.1 Å². The Labute approximate surface area is 117 Å². The molecule has 3 nitrogen and oxygen atoms in total. The van der Waals surface area contributed by atoms with Gasteiger partial charge in [-0.25, -0.2) is 0 Å². The fraction of sp³-hybridized carbons (Fsp3) is 0.625. The fourth-order valence-corrected chi connectivity index (χ4v) is 2.56. The number of nitrogens with two attached hydrogens (primary N) is 1. The van der Waals surface area contributed by atoms with Crippen molar-refractivity contribution in [3.63, 3.8) is 0 Å². The quantitative estimate of drug-likeness (QED) is 0.790. The zero-order chi connectivity index (χ0) is 13.7. The first-order chi connectivity index (χ1) is 9.21. The van der Waals surface area contributed by atoms with Crippen LogP contribution in [-0.2, 0) is 13.1 Å². The van der Waals surface area contributed by atoms with Crippen LogP contribution in [0.1, 0.15) is 37.8 Å². The van der Waals surface area contributed by atoms with Crippen LogP contribution in [0.4, 0.5) is 0 Å². The molecule has 0 aliphatic heterocycles. The van der Waals surface area contributed by atoms with E-state index in [2.05, 4.69) is 48.3 Å². The van der Waals surface area contributed by atoms with Gasteiger partial charge in [0, 0.05) is 25.2 Å². The van der Waals surface area contributed by atoms with E-state index in [4.69, 9.17) is 5.73 Å². The molecule has 3 heteroatoms. The van der Waals surface area contributed by atoms with Gasteiger partial charge in [-0.15, -0.1) is 0 Å². The number of benzene rings is 1. The van der Waals surface area contributed by atoms with E-state index in [1.807, 2.05) is 0 Å². The van der Waals surface area contributed by atoms with Crippen LogP contribution in [0.25, 0.3) is 0 Å². The molecule has 106 valence electrons. The summed E-state index contributed by atoms with van der Waals surface area (Å²) in [5.41, 5.74) is 8.55. The summed E-state index contributed by atoms with van der Waals surface area (Å²) < 4.78 is 0. The van der Waals surface area contributed by atoms with Crippen molar-refractivity contribution in [2.75, 3.05) is 13.1 Å². The highest BCUT2D eigenvalue weighted by Gasteiger charge is 2.24. The lowest BCUT2D eigenvalue weighted by molar-refractivity contribution is 0.290. The Morgan fingerprint density at radius 1 is 1.11 bits per heavy atom. The van der Waals surface area contributed by atoms with Gasteiger partial charge < -0.3 is 11.1 Å². The van der Waals surface area contributed by atoms with Gasteiger partial charge in [-0.2, -0.15) is 0 Å². The monoisotopic (exact) mass is 261 g/mol. The van der Waals surface area contributed by atoms with Gasteiger partial charge in [0.15, 0.2) is 0 Å². The van der Waals surface area contributed by atoms with E-state index in [9.17, 15) is 0 Å². The molecule has 0 atom stereocenters. The molecule has 1 aliphatic carbocycles. The second-order valence-corrected chi connectivity index (χ2v) is 5.59. The smallest absolute Gasteiger partial charge is 0.0233 e. The number of nitrogens with zero attached hydrogens (tertiary/aromatic N) is 1. The number of rotatable bonds is 7. The van der Waals surface area contributed by atoms with E-state index in [0.29, 0.717) is 12.1 Å². The standard InChI is InChI=1S/C16H27N3/c1-3-19(4-2)12-14-7-5-13(6-8-14)11-18-16-9-15(17)10-16/h5-8,15-16,18H,3-4,9-12,17H2,1-2H3. The maximum atomic E-state index is 5.79. The van der Waals surface area contributed by atoms with Gasteiger partial charge in [-0.3, -0.25) is 4.90 Å². The Kier molecular flexibility index (Phi) is 5.37. The zero-order valence-electron chi connectivity index (χ0n) is 12.2. The van der Waals surface area contributed by atoms with Gasteiger partial charge in [0.1, 0.15) is 0 Å². The summed E-state index contributed by atoms with van der Waals surface area (Å²) in [6, 6.07) is 10.0. The van der Waals surface area contributed by atoms with Crippen molar-refractivity contribution < 1.29 is 0 Å². The Morgan fingerprint density at radius 2 is 1.68 bits per heavy atom. The molecule has 0 aromatic heterocycles. The predicted molar refractivity (Wildman–Crippen MR) is 80.9 cm³/mol. The molecule has 0 amide bonds. The predicted octanol–water partition coefficient (Wildman–Crippen LogP) is 2.11. The molecule has 0 unspecified atom stereocenters. The molecule has 1 fully saturated rings. The summed E-state index contributed by atoms with van der Waals surface area (Å²) in [5.74, 6) is 0. The third-order valence-corrected chi connectivity index (χ3v) is 4.09. The minimum atomic E-state index is 0.425. The summed E-state index contributed by atoms with van der Waals surface area (Å²) in [4.78, 5) is 2.43. The van der Waals surface area contributed by atoms with Crippen LogP contribution < -0.4 is 11.1 Å². The molecular weight excluding hydrogens is 234 g/mol. The molecule has 1 aromatic rings. The zero-order valence-corrected chi connectivity index (χ0v) is 12.2. The van der Waals surface area contributed by atoms with Crippen molar-refractivity contribution in [3.8, 4) is 0 Å². The van der Waals surface area contributed by atoms with Crippen LogP contribution in [0.3, 0.4) is 0 Å². The SMILES string of the molecule is CCN(CC)Cc1ccc(CNC2CC(N)C2)cc1. The lowest BCUT2D eigenvalue weighted by atomic mass is 9.87. The summed E-state index contributed by atoms with van der Waals surface area (Å²) in [7, 11) is 0. The first kappa shape index (κ1) is 14.5. The third-order valence-electron chi connectivity index (χ3n) is 4.09. The second kappa shape index (κ2) is 7.04. The van der Waals surface area contributed by atoms with Crippen molar-refractivity contribution >= 4 is 0 Å². The van der Waals surface area contributed by atoms with E-state index in [1.165, 1.54) is 11.1 Å². The summed E-state index contributed by atoms with van der Waals surface area (Å²) in [6.45, 7) is 8.67. The summed E-state index contributed by atoms with van der Waals surface area (Å²) in [5, 5.41) is 3.56. The molecule has 19 heavy (non-hydrogen) atoms. The highest BCUT2D eigenvalue weighted by molar-refractivity contribution is 5.22. The number of nitrogens with one attached hydrogen (secondary N) is 1. The molecular formula is C16H27N3. The van der Waals surface area contributed by atoms with Crippen LogP contribution in [0.2, 0.25) is 0 Å². The van der Waals surface area contributed by atoms with Crippen LogP contribution >= 0.6 is 0 Å². The van der Waals surface area contributed by atoms with E-state index in [0.717, 1.165) is 39.0 Å². The largest absolute Gasteiger partial charge is 0.328 e. The molecule has 0 saturated heterocycles. The van der Waals surface area contributed by atoms with Crippen LogP contribution in [0, 0.1) is 0 Å². The number of hydrogen-bond acceptors (Lipinski definition) is 3. The molecule has 0 radical (unpaired) electrons. The van der Waals surface area contributed by atoms with Crippen LogP contribution in [0.15, 0.2) is 24.3 Å².